The Morgan fingerprint density at radius 3 is 1.64 bits per heavy atom. The summed E-state index contributed by atoms with van der Waals surface area (Å²) < 4.78 is 8.50. The average molecular weight is 678 g/mol. The fourth-order valence-corrected chi connectivity index (χ4v) is 8.04. The molecule has 8 aromatic carbocycles. The first-order valence-corrected chi connectivity index (χ1v) is 18.0. The highest BCUT2D eigenvalue weighted by atomic mass is 16.3. The van der Waals surface area contributed by atoms with Crippen molar-refractivity contribution in [1.82, 2.24) is 9.38 Å². The van der Waals surface area contributed by atoms with Crippen molar-refractivity contribution in [1.29, 1.82) is 0 Å². The van der Waals surface area contributed by atoms with E-state index in [-0.39, 0.29) is 0 Å². The Morgan fingerprint density at radius 1 is 0.396 bits per heavy atom. The molecule has 0 N–H and O–H groups in total. The van der Waals surface area contributed by atoms with Gasteiger partial charge in [0.05, 0.1) is 17.2 Å². The van der Waals surface area contributed by atoms with Crippen molar-refractivity contribution in [2.45, 2.75) is 0 Å². The van der Waals surface area contributed by atoms with Gasteiger partial charge >= 0.3 is 0 Å². The number of hydrogen-bond donors (Lipinski definition) is 0. The number of imidazole rings is 1. The van der Waals surface area contributed by atoms with Gasteiger partial charge in [0.2, 0.25) is 0 Å². The van der Waals surface area contributed by atoms with Crippen molar-refractivity contribution in [2.75, 3.05) is 4.90 Å². The Hall–Kier alpha value is -7.17. The van der Waals surface area contributed by atoms with Gasteiger partial charge in [0.15, 0.2) is 5.58 Å². The molecule has 53 heavy (non-hydrogen) atoms. The molecule has 0 spiro atoms. The van der Waals surface area contributed by atoms with Gasteiger partial charge in [-0.3, -0.25) is 4.40 Å². The third-order valence-electron chi connectivity index (χ3n) is 10.6. The fraction of sp³-hybridized carbons (Fsp3) is 0. The predicted octanol–water partition coefficient (Wildman–Crippen LogP) is 13.5. The third-order valence-corrected chi connectivity index (χ3v) is 10.6. The van der Waals surface area contributed by atoms with Gasteiger partial charge in [-0.25, -0.2) is 4.98 Å². The first-order chi connectivity index (χ1) is 26.3. The fourth-order valence-electron chi connectivity index (χ4n) is 8.04. The summed E-state index contributed by atoms with van der Waals surface area (Å²) in [6.45, 7) is 0. The van der Waals surface area contributed by atoms with Crippen LogP contribution in [-0.4, -0.2) is 9.38 Å². The molecule has 0 radical (unpaired) electrons. The summed E-state index contributed by atoms with van der Waals surface area (Å²) >= 11 is 0. The molecule has 0 aliphatic heterocycles. The molecule has 0 amide bonds. The van der Waals surface area contributed by atoms with Crippen LogP contribution in [0.1, 0.15) is 0 Å². The van der Waals surface area contributed by atoms with Crippen molar-refractivity contribution >= 4 is 77.2 Å². The molecular formula is C49H31N3O. The summed E-state index contributed by atoms with van der Waals surface area (Å²) in [4.78, 5) is 7.50. The summed E-state index contributed by atoms with van der Waals surface area (Å²) in [7, 11) is 0. The lowest BCUT2D eigenvalue weighted by molar-refractivity contribution is 0.666. The summed E-state index contributed by atoms with van der Waals surface area (Å²) in [6, 6.07) is 64.6. The van der Waals surface area contributed by atoms with Crippen molar-refractivity contribution in [2.24, 2.45) is 0 Å². The van der Waals surface area contributed by atoms with E-state index in [9.17, 15) is 0 Å². The molecule has 0 fully saturated rings. The van der Waals surface area contributed by atoms with Crippen LogP contribution in [0.25, 0.3) is 82.4 Å². The van der Waals surface area contributed by atoms with E-state index in [1.807, 2.05) is 12.1 Å². The lowest BCUT2D eigenvalue weighted by Crippen LogP contribution is -2.09. The summed E-state index contributed by atoms with van der Waals surface area (Å²) in [5, 5.41) is 6.91. The Bertz CT molecular complexity index is 3100. The Balaban J connectivity index is 0.981. The zero-order chi connectivity index (χ0) is 34.9. The van der Waals surface area contributed by atoms with Gasteiger partial charge in [-0.15, -0.1) is 0 Å². The van der Waals surface area contributed by atoms with Crippen molar-refractivity contribution < 1.29 is 4.42 Å². The SMILES string of the molecule is c1ccc(N(c2ccccc2)c2ccc(-c3ccc(-c4ccc5c(c4)c4ccccc4c4nc6cc7c(cn6c54)oc4ccccc47)cc3)cc2)cc1. The second kappa shape index (κ2) is 11.7. The molecule has 0 saturated carbocycles. The highest BCUT2D eigenvalue weighted by Crippen LogP contribution is 2.40. The maximum absolute atomic E-state index is 6.30. The largest absolute Gasteiger partial charge is 0.455 e. The van der Waals surface area contributed by atoms with Crippen molar-refractivity contribution in [3.05, 3.63) is 188 Å². The topological polar surface area (TPSA) is 33.7 Å². The van der Waals surface area contributed by atoms with E-state index >= 15 is 0 Å². The average Bonchev–Trinajstić information content (AvgIpc) is 3.79. The van der Waals surface area contributed by atoms with Gasteiger partial charge < -0.3 is 9.32 Å². The molecule has 0 unspecified atom stereocenters. The zero-order valence-electron chi connectivity index (χ0n) is 28.6. The van der Waals surface area contributed by atoms with E-state index in [2.05, 4.69) is 185 Å². The zero-order valence-corrected chi connectivity index (χ0v) is 28.6. The smallest absolute Gasteiger partial charge is 0.152 e. The minimum Gasteiger partial charge on any atom is -0.455 e. The number of aromatic nitrogens is 2. The number of pyridine rings is 1. The molecule has 0 saturated heterocycles. The molecule has 248 valence electrons. The molecule has 0 bridgehead atoms. The summed E-state index contributed by atoms with van der Waals surface area (Å²) in [5.41, 5.74) is 12.9. The minimum atomic E-state index is 0.857. The number of hydrogen-bond acceptors (Lipinski definition) is 3. The minimum absolute atomic E-state index is 0.857. The highest BCUT2D eigenvalue weighted by Gasteiger charge is 2.18. The van der Waals surface area contributed by atoms with E-state index in [0.29, 0.717) is 0 Å². The number of furan rings is 1. The van der Waals surface area contributed by atoms with Crippen molar-refractivity contribution in [3.63, 3.8) is 0 Å². The van der Waals surface area contributed by atoms with Crippen LogP contribution < -0.4 is 4.90 Å². The molecule has 0 aliphatic carbocycles. The number of para-hydroxylation sites is 3. The first-order valence-electron chi connectivity index (χ1n) is 18.0. The molecule has 4 nitrogen and oxygen atoms in total. The van der Waals surface area contributed by atoms with Crippen molar-refractivity contribution in [3.8, 4) is 22.3 Å². The highest BCUT2D eigenvalue weighted by molar-refractivity contribution is 6.25. The Labute approximate surface area is 305 Å². The van der Waals surface area contributed by atoms with Crippen LogP contribution in [-0.2, 0) is 0 Å². The second-order valence-electron chi connectivity index (χ2n) is 13.6. The third kappa shape index (κ3) is 4.73. The van der Waals surface area contributed by atoms with Crippen LogP contribution in [0.15, 0.2) is 193 Å². The van der Waals surface area contributed by atoms with Crippen LogP contribution in [0.3, 0.4) is 0 Å². The normalized spacial score (nSPS) is 11.8. The summed E-state index contributed by atoms with van der Waals surface area (Å²) in [6.07, 6.45) is 2.11. The van der Waals surface area contributed by atoms with Crippen LogP contribution in [0.2, 0.25) is 0 Å². The van der Waals surface area contributed by atoms with Crippen LogP contribution >= 0.6 is 0 Å². The molecule has 0 aliphatic rings. The van der Waals surface area contributed by atoms with E-state index < -0.39 is 0 Å². The van der Waals surface area contributed by atoms with Crippen LogP contribution in [0, 0.1) is 0 Å². The standard InChI is InChI=1S/C49H31N3O/c1-3-11-36(12-4-1)52(37-13-5-2-6-14-37)38-26-23-33(24-27-38)32-19-21-34(22-20-32)35-25-28-42-43(29-35)39-15-7-8-17-41(39)48-49(42)51-31-46-44(30-47(51)50-48)40-16-9-10-18-45(40)53-46/h1-31H. The number of fused-ring (bicyclic) bond motifs is 11. The molecular weight excluding hydrogens is 647 g/mol. The van der Waals surface area contributed by atoms with Crippen LogP contribution in [0.5, 0.6) is 0 Å². The van der Waals surface area contributed by atoms with Gasteiger partial charge in [0.25, 0.3) is 0 Å². The quantitative estimate of drug-likeness (QED) is 0.170. The van der Waals surface area contributed by atoms with Gasteiger partial charge in [-0.05, 0) is 87.6 Å². The van der Waals surface area contributed by atoms with E-state index in [0.717, 1.165) is 61.1 Å². The van der Waals surface area contributed by atoms with E-state index in [1.54, 1.807) is 0 Å². The van der Waals surface area contributed by atoms with E-state index in [1.165, 1.54) is 38.4 Å². The molecule has 3 heterocycles. The van der Waals surface area contributed by atoms with Gasteiger partial charge in [0, 0.05) is 38.6 Å². The van der Waals surface area contributed by atoms with Gasteiger partial charge in [-0.2, -0.15) is 0 Å². The Kier molecular flexibility index (Phi) is 6.52. The lowest BCUT2D eigenvalue weighted by atomic mass is 9.95. The predicted molar refractivity (Wildman–Crippen MR) is 221 cm³/mol. The molecule has 4 heteroatoms. The monoisotopic (exact) mass is 677 g/mol. The van der Waals surface area contributed by atoms with Gasteiger partial charge in [-0.1, -0.05) is 127 Å². The van der Waals surface area contributed by atoms with E-state index in [4.69, 9.17) is 9.40 Å². The first kappa shape index (κ1) is 29.5. The lowest BCUT2D eigenvalue weighted by Gasteiger charge is -2.25. The molecule has 11 aromatic rings. The van der Waals surface area contributed by atoms with Crippen LogP contribution in [0.4, 0.5) is 17.1 Å². The Morgan fingerprint density at radius 2 is 0.943 bits per heavy atom. The number of benzene rings is 8. The number of anilines is 3. The maximum Gasteiger partial charge on any atom is 0.152 e. The molecule has 11 rings (SSSR count). The summed E-state index contributed by atoms with van der Waals surface area (Å²) in [5.74, 6) is 0. The molecule has 3 aromatic heterocycles. The number of nitrogens with zero attached hydrogens (tertiary/aromatic N) is 3. The molecule has 0 atom stereocenters. The van der Waals surface area contributed by atoms with Gasteiger partial charge in [0.1, 0.15) is 11.2 Å². The number of rotatable bonds is 5. The maximum atomic E-state index is 6.30. The second-order valence-corrected chi connectivity index (χ2v) is 13.6.